The molecule has 12 aromatic heterocycles. The normalized spacial score (nSPS) is 12.1. The fourth-order valence-electron chi connectivity index (χ4n) is 23.5. The van der Waals surface area contributed by atoms with E-state index < -0.39 is 0 Å². The Morgan fingerprint density at radius 1 is 0.110 bits per heavy atom. The summed E-state index contributed by atoms with van der Waals surface area (Å²) in [6.45, 7) is 0. The van der Waals surface area contributed by atoms with Gasteiger partial charge in [-0.2, -0.15) is 0 Å². The molecule has 0 fully saturated rings. The Labute approximate surface area is 778 Å². The lowest BCUT2D eigenvalue weighted by Crippen LogP contribution is -1.96. The maximum Gasteiger partial charge on any atom is 0.0640 e. The van der Waals surface area contributed by atoms with E-state index in [9.17, 15) is 0 Å². The molecule has 0 spiro atoms. The van der Waals surface area contributed by atoms with Gasteiger partial charge in [0, 0.05) is 177 Å². The van der Waals surface area contributed by atoms with Crippen LogP contribution in [0.4, 0.5) is 0 Å². The summed E-state index contributed by atoms with van der Waals surface area (Å²) in [6.07, 6.45) is 9.19. The molecule has 20 aromatic carbocycles. The van der Waals surface area contributed by atoms with Crippen LogP contribution in [0.3, 0.4) is 0 Å². The van der Waals surface area contributed by atoms with Crippen molar-refractivity contribution in [3.05, 3.63) is 486 Å². The standard InChI is InChI=1S/4C32H20N2/c1-2-11-22(12-3-1)34-28-17-9-8-14-24(28)27-18-19-29-30(32(27)34)25-15-6-7-16-26(25)31-23-13-5-4-10-21(23)20-33(29)31;1-2-11-22(12-3-1)34-29-17-9-8-15-25(29)28-18-30-27(19-31(28)34)24-14-6-7-16-26(24)32-23-13-5-4-10-21(23)20-33(30)32;1-2-11-22(12-3-1)34-28-17-9-8-16-27(28)30-29(34)19-18-26-24-14-6-7-15-25(24)31-23-13-5-4-10-21(23)20-33(31)32(26)30;1-2-11-22(12-3-1)34-27-17-9-8-16-26(27)31-29(34)19-18-28-30(31)24-14-6-7-15-25(24)32-23-13-5-4-10-21(23)20-33(28)32/h4*1-20H. The molecule has 0 aliphatic carbocycles. The maximum atomic E-state index is 2.44. The highest BCUT2D eigenvalue weighted by molar-refractivity contribution is 6.34. The molecular weight excluding hydrogens is 1650 g/mol. The number of benzene rings is 20. The van der Waals surface area contributed by atoms with Crippen molar-refractivity contribution >= 4 is 239 Å². The molecule has 32 rings (SSSR count). The zero-order valence-corrected chi connectivity index (χ0v) is 73.8. The molecule has 32 aromatic rings. The highest BCUT2D eigenvalue weighted by Gasteiger charge is 2.26. The van der Waals surface area contributed by atoms with E-state index >= 15 is 0 Å². The Hall–Kier alpha value is -18.2. The third kappa shape index (κ3) is 11.0. The summed E-state index contributed by atoms with van der Waals surface area (Å²) in [5.74, 6) is 0. The third-order valence-electron chi connectivity index (χ3n) is 29.1. The van der Waals surface area contributed by atoms with Gasteiger partial charge in [0.1, 0.15) is 0 Å². The zero-order valence-electron chi connectivity index (χ0n) is 73.8. The Kier molecular flexibility index (Phi) is 16.5. The van der Waals surface area contributed by atoms with E-state index in [-0.39, 0.29) is 0 Å². The molecule has 0 bridgehead atoms. The Bertz CT molecular complexity index is 10500. The number of aromatic nitrogens is 8. The topological polar surface area (TPSA) is 37.4 Å². The van der Waals surface area contributed by atoms with Gasteiger partial charge in [0.2, 0.25) is 0 Å². The Morgan fingerprint density at radius 2 is 0.353 bits per heavy atom. The van der Waals surface area contributed by atoms with Crippen molar-refractivity contribution in [1.82, 2.24) is 35.9 Å². The van der Waals surface area contributed by atoms with Gasteiger partial charge in [-0.25, -0.2) is 0 Å². The molecule has 12 heterocycles. The summed E-state index contributed by atoms with van der Waals surface area (Å²) < 4.78 is 19.3. The van der Waals surface area contributed by atoms with Gasteiger partial charge >= 0.3 is 0 Å². The van der Waals surface area contributed by atoms with Crippen LogP contribution in [0.1, 0.15) is 0 Å². The highest BCUT2D eigenvalue weighted by atomic mass is 15.0. The monoisotopic (exact) mass is 1730 g/mol. The average Bonchev–Trinajstić information content (AvgIpc) is 1.54. The minimum absolute atomic E-state index is 1.18. The van der Waals surface area contributed by atoms with E-state index in [4.69, 9.17) is 0 Å². The van der Waals surface area contributed by atoms with Gasteiger partial charge in [0.25, 0.3) is 0 Å². The van der Waals surface area contributed by atoms with Crippen molar-refractivity contribution in [2.24, 2.45) is 0 Å². The van der Waals surface area contributed by atoms with Gasteiger partial charge in [-0.05, 0) is 131 Å². The van der Waals surface area contributed by atoms with Crippen molar-refractivity contribution in [1.29, 1.82) is 0 Å². The quantitative estimate of drug-likeness (QED) is 0.158. The summed E-state index contributed by atoms with van der Waals surface area (Å²) in [5.41, 5.74) is 24.8. The molecule has 8 heteroatoms. The van der Waals surface area contributed by atoms with Crippen LogP contribution >= 0.6 is 0 Å². The van der Waals surface area contributed by atoms with Gasteiger partial charge in [-0.15, -0.1) is 0 Å². The number of hydrogen-bond acceptors (Lipinski definition) is 0. The molecule has 0 radical (unpaired) electrons. The van der Waals surface area contributed by atoms with Crippen LogP contribution in [0.25, 0.3) is 262 Å². The molecule has 632 valence electrons. The van der Waals surface area contributed by atoms with Crippen LogP contribution in [-0.4, -0.2) is 35.9 Å². The number of fused-ring (bicyclic) bond motifs is 47. The lowest BCUT2D eigenvalue weighted by atomic mass is 9.99. The lowest BCUT2D eigenvalue weighted by molar-refractivity contribution is 1.18. The molecule has 0 saturated heterocycles. The molecule has 0 aliphatic heterocycles. The fourth-order valence-corrected chi connectivity index (χ4v) is 23.5. The van der Waals surface area contributed by atoms with Crippen LogP contribution in [0.2, 0.25) is 0 Å². The van der Waals surface area contributed by atoms with Gasteiger partial charge in [0.05, 0.1) is 88.3 Å². The van der Waals surface area contributed by atoms with Gasteiger partial charge < -0.3 is 35.9 Å². The number of nitrogens with zero attached hydrogens (tertiary/aromatic N) is 8. The first kappa shape index (κ1) is 75.6. The molecule has 0 N–H and O–H groups in total. The largest absolute Gasteiger partial charge is 0.315 e. The van der Waals surface area contributed by atoms with Crippen LogP contribution in [0.15, 0.2) is 486 Å². The number of rotatable bonds is 4. The third-order valence-corrected chi connectivity index (χ3v) is 29.1. The molecule has 0 amide bonds. The highest BCUT2D eigenvalue weighted by Crippen LogP contribution is 2.49. The first-order valence-corrected chi connectivity index (χ1v) is 46.9. The van der Waals surface area contributed by atoms with Gasteiger partial charge in [-0.3, -0.25) is 0 Å². The summed E-state index contributed by atoms with van der Waals surface area (Å²) in [6, 6.07) is 167. The zero-order chi connectivity index (χ0) is 88.9. The molecule has 0 atom stereocenters. The predicted molar refractivity (Wildman–Crippen MR) is 577 cm³/mol. The SMILES string of the molecule is c1ccc(-n2c3ccccc3c3c2ccc2c4ccccc4c4c5ccccc5cn4c23)cc1.c1ccc(-n2c3ccccc3c3c4c5ccccc5c5c6ccccc6cn5c4ccc32)cc1.c1ccc(-n2c3ccccc3c3cc4c(cc32)c2ccccc2c2c3ccccc3cn42)cc1.c1ccc(-n2c3ccccc3c3ccc4c(c5ccccc5c5c6ccccc6cn45)c32)cc1. The molecule has 0 saturated carbocycles. The number of pyridine rings is 4. The van der Waals surface area contributed by atoms with E-state index in [1.165, 1.54) is 262 Å². The van der Waals surface area contributed by atoms with E-state index in [1.807, 2.05) is 0 Å². The van der Waals surface area contributed by atoms with Crippen molar-refractivity contribution in [2.45, 2.75) is 0 Å². The van der Waals surface area contributed by atoms with Gasteiger partial charge in [0.15, 0.2) is 0 Å². The summed E-state index contributed by atoms with van der Waals surface area (Å²) in [5, 5.41) is 36.1. The molecular formula is C128H80N8. The van der Waals surface area contributed by atoms with Crippen molar-refractivity contribution < 1.29 is 0 Å². The van der Waals surface area contributed by atoms with Gasteiger partial charge in [-0.1, -0.05) is 352 Å². The van der Waals surface area contributed by atoms with E-state index in [2.05, 4.69) is 522 Å². The smallest absolute Gasteiger partial charge is 0.0640 e. The predicted octanol–water partition coefficient (Wildman–Crippen LogP) is 34.0. The average molecular weight is 1730 g/mol. The second kappa shape index (κ2) is 29.6. The van der Waals surface area contributed by atoms with E-state index in [1.54, 1.807) is 0 Å². The van der Waals surface area contributed by atoms with Crippen LogP contribution in [0.5, 0.6) is 0 Å². The summed E-state index contributed by atoms with van der Waals surface area (Å²) in [7, 11) is 0. The minimum Gasteiger partial charge on any atom is -0.315 e. The van der Waals surface area contributed by atoms with Crippen molar-refractivity contribution in [3.63, 3.8) is 0 Å². The van der Waals surface area contributed by atoms with Crippen molar-refractivity contribution in [2.75, 3.05) is 0 Å². The lowest BCUT2D eigenvalue weighted by Gasteiger charge is -2.14. The Morgan fingerprint density at radius 3 is 0.824 bits per heavy atom. The second-order valence-electron chi connectivity index (χ2n) is 36.1. The summed E-state index contributed by atoms with van der Waals surface area (Å²) >= 11 is 0. The second-order valence-corrected chi connectivity index (χ2v) is 36.1. The molecule has 0 unspecified atom stereocenters. The van der Waals surface area contributed by atoms with Crippen LogP contribution in [-0.2, 0) is 0 Å². The summed E-state index contributed by atoms with van der Waals surface area (Å²) in [4.78, 5) is 0. The van der Waals surface area contributed by atoms with Crippen LogP contribution in [0, 0.1) is 0 Å². The molecule has 0 aliphatic rings. The van der Waals surface area contributed by atoms with Crippen molar-refractivity contribution in [3.8, 4) is 22.7 Å². The first-order valence-electron chi connectivity index (χ1n) is 46.9. The Balaban J connectivity index is 0.0000000879. The minimum atomic E-state index is 1.18. The first-order chi connectivity index (χ1) is 67.6. The fraction of sp³-hybridized carbons (Fsp3) is 0. The molecule has 8 nitrogen and oxygen atoms in total. The number of para-hydroxylation sites is 8. The van der Waals surface area contributed by atoms with Crippen LogP contribution < -0.4 is 0 Å². The van der Waals surface area contributed by atoms with E-state index in [0.29, 0.717) is 0 Å². The number of hydrogen-bond donors (Lipinski definition) is 0. The maximum absolute atomic E-state index is 2.44. The van der Waals surface area contributed by atoms with E-state index in [0.717, 1.165) is 0 Å². The molecule has 136 heavy (non-hydrogen) atoms.